The quantitative estimate of drug-likeness (QED) is 0.0723. The molecule has 2 aromatic heterocycles. The number of aromatic nitrogens is 3. The number of fused-ring (bicyclic) bond motifs is 1. The topological polar surface area (TPSA) is 145 Å². The molecule has 66 heavy (non-hydrogen) atoms. The van der Waals surface area contributed by atoms with Crippen molar-refractivity contribution in [3.63, 3.8) is 0 Å². The number of rotatable bonds is 14. The van der Waals surface area contributed by atoms with Crippen LogP contribution < -0.4 is 30.9 Å². The summed E-state index contributed by atoms with van der Waals surface area (Å²) in [6, 6.07) is 21.5. The molecule has 13 nitrogen and oxygen atoms in total. The minimum Gasteiger partial charge on any atom is -0.494 e. The lowest BCUT2D eigenvalue weighted by atomic mass is 9.75. The zero-order valence-corrected chi connectivity index (χ0v) is 41.3. The highest BCUT2D eigenvalue weighted by molar-refractivity contribution is 9.10. The van der Waals surface area contributed by atoms with E-state index in [0.29, 0.717) is 47.4 Å². The molecule has 15 heteroatoms. The number of amides is 2. The Morgan fingerprint density at radius 2 is 1.65 bits per heavy atom. The molecule has 4 saturated heterocycles. The molecule has 4 fully saturated rings. The fraction of sp³-hybridized carbons (Fsp3) is 0.471. The molecule has 348 valence electrons. The number of halogens is 1. The molecule has 0 spiro atoms. The van der Waals surface area contributed by atoms with Crippen LogP contribution >= 0.6 is 23.1 Å². The van der Waals surface area contributed by atoms with Crippen LogP contribution in [0.4, 0.5) is 28.8 Å². The van der Waals surface area contributed by atoms with Crippen molar-refractivity contribution < 1.29 is 18.9 Å². The van der Waals surface area contributed by atoms with Crippen molar-refractivity contribution in [3.8, 4) is 5.75 Å². The monoisotopic (exact) mass is 975 g/mol. The first kappa shape index (κ1) is 46.2. The van der Waals surface area contributed by atoms with Gasteiger partial charge in [0.25, 0.3) is 0 Å². The van der Waals surface area contributed by atoms with Gasteiger partial charge in [-0.1, -0.05) is 44.2 Å². The van der Waals surface area contributed by atoms with Crippen LogP contribution in [0, 0.1) is 0 Å². The number of nitrogens with one attached hydrogen (secondary N) is 3. The number of ether oxygens (including phenoxy) is 1. The maximum absolute atomic E-state index is 14.5. The molecule has 9 rings (SSSR count). The Hall–Kier alpha value is -4.88. The second-order valence-corrected chi connectivity index (χ2v) is 22.6. The number of benzene rings is 3. The number of imide groups is 1. The molecule has 0 bridgehead atoms. The lowest BCUT2D eigenvalue weighted by molar-refractivity contribution is -0.137. The third-order valence-electron chi connectivity index (χ3n) is 14.6. The molecule has 1 unspecified atom stereocenters. The Morgan fingerprint density at radius 1 is 0.894 bits per heavy atom. The van der Waals surface area contributed by atoms with Gasteiger partial charge in [0.05, 0.1) is 33.9 Å². The van der Waals surface area contributed by atoms with E-state index in [1.807, 2.05) is 19.1 Å². The van der Waals surface area contributed by atoms with Gasteiger partial charge in [0.1, 0.15) is 18.7 Å². The molecule has 4 aliphatic rings. The van der Waals surface area contributed by atoms with E-state index in [4.69, 9.17) is 14.7 Å². The Morgan fingerprint density at radius 3 is 2.35 bits per heavy atom. The first-order valence-corrected chi connectivity index (χ1v) is 26.8. The molecular weight excluding hydrogens is 913 g/mol. The minimum absolute atomic E-state index is 0.183. The van der Waals surface area contributed by atoms with Gasteiger partial charge >= 0.3 is 0 Å². The second kappa shape index (κ2) is 19.8. The number of piperazine rings is 1. The largest absolute Gasteiger partial charge is 0.494 e. The van der Waals surface area contributed by atoms with Crippen molar-refractivity contribution in [1.29, 1.82) is 0 Å². The van der Waals surface area contributed by atoms with Crippen LogP contribution in [0.5, 0.6) is 5.75 Å². The summed E-state index contributed by atoms with van der Waals surface area (Å²) in [6.45, 7) is 13.5. The molecule has 4 aliphatic heterocycles. The summed E-state index contributed by atoms with van der Waals surface area (Å²) >= 11 is 3.68. The van der Waals surface area contributed by atoms with E-state index in [9.17, 15) is 14.2 Å². The zero-order chi connectivity index (χ0) is 46.0. The SMILES string of the molecule is CCc1ccc2c(P3(=O)CCCC3)c(Nc3nc(Nc4cc(CC)c(N5CCC(N6CCN(CCc7ccc(C8(C)CCC(=O)NC8=O)cc7)CC6)CC5)cc4OC)ncc3Br)ccc2n1. The number of carbonyl (C=O) groups excluding carboxylic acids is 2. The van der Waals surface area contributed by atoms with E-state index in [-0.39, 0.29) is 11.8 Å². The summed E-state index contributed by atoms with van der Waals surface area (Å²) in [4.78, 5) is 46.6. The van der Waals surface area contributed by atoms with E-state index < -0.39 is 12.6 Å². The maximum atomic E-state index is 14.5. The molecule has 6 heterocycles. The van der Waals surface area contributed by atoms with Gasteiger partial charge in [-0.05, 0) is 115 Å². The summed E-state index contributed by atoms with van der Waals surface area (Å²) < 4.78 is 21.2. The Kier molecular flexibility index (Phi) is 13.8. The molecule has 3 N–H and O–H groups in total. The molecular formula is C51H63BrN9O4P. The fourth-order valence-electron chi connectivity index (χ4n) is 10.5. The number of methoxy groups -OCH3 is 1. The van der Waals surface area contributed by atoms with Crippen LogP contribution in [0.1, 0.15) is 81.7 Å². The average Bonchev–Trinajstić information content (AvgIpc) is 3.79. The lowest BCUT2D eigenvalue weighted by Crippen LogP contribution is -2.53. The van der Waals surface area contributed by atoms with Crippen molar-refractivity contribution >= 4 is 79.9 Å². The Labute approximate surface area is 397 Å². The Balaban J connectivity index is 0.812. The third-order valence-corrected chi connectivity index (χ3v) is 18.6. The van der Waals surface area contributed by atoms with Crippen LogP contribution in [0.15, 0.2) is 71.3 Å². The lowest BCUT2D eigenvalue weighted by Gasteiger charge is -2.43. The van der Waals surface area contributed by atoms with E-state index in [1.54, 1.807) is 13.3 Å². The summed E-state index contributed by atoms with van der Waals surface area (Å²) in [5.41, 5.74) is 7.54. The van der Waals surface area contributed by atoms with Crippen molar-refractivity contribution in [1.82, 2.24) is 30.1 Å². The van der Waals surface area contributed by atoms with Crippen LogP contribution in [0.25, 0.3) is 10.9 Å². The zero-order valence-electron chi connectivity index (χ0n) is 38.8. The first-order valence-electron chi connectivity index (χ1n) is 23.9. The molecule has 0 radical (unpaired) electrons. The van der Waals surface area contributed by atoms with Gasteiger partial charge in [-0.25, -0.2) is 4.98 Å². The predicted molar refractivity (Wildman–Crippen MR) is 269 cm³/mol. The van der Waals surface area contributed by atoms with E-state index in [2.05, 4.69) is 114 Å². The fourth-order valence-corrected chi connectivity index (χ4v) is 14.1. The van der Waals surface area contributed by atoms with Crippen molar-refractivity contribution in [2.45, 2.75) is 90.0 Å². The summed E-state index contributed by atoms with van der Waals surface area (Å²) in [6.07, 6.45) is 10.9. The predicted octanol–water partition coefficient (Wildman–Crippen LogP) is 8.71. The number of hydrogen-bond acceptors (Lipinski definition) is 12. The number of piperidine rings is 2. The van der Waals surface area contributed by atoms with Crippen molar-refractivity contribution in [2.75, 3.05) is 80.8 Å². The number of pyridine rings is 1. The summed E-state index contributed by atoms with van der Waals surface area (Å²) in [7, 11) is -0.922. The Bertz CT molecular complexity index is 2640. The highest BCUT2D eigenvalue weighted by atomic mass is 79.9. The van der Waals surface area contributed by atoms with Gasteiger partial charge in [-0.15, -0.1) is 0 Å². The number of anilines is 5. The van der Waals surface area contributed by atoms with Crippen LogP contribution in [0.3, 0.4) is 0 Å². The highest BCUT2D eigenvalue weighted by Crippen LogP contribution is 2.54. The van der Waals surface area contributed by atoms with Gasteiger partial charge in [-0.3, -0.25) is 24.8 Å². The molecule has 3 aromatic carbocycles. The van der Waals surface area contributed by atoms with Crippen LogP contribution in [-0.2, 0) is 38.8 Å². The highest BCUT2D eigenvalue weighted by Gasteiger charge is 2.40. The smallest absolute Gasteiger partial charge is 0.236 e. The third kappa shape index (κ3) is 9.61. The van der Waals surface area contributed by atoms with Gasteiger partial charge in [0.2, 0.25) is 17.8 Å². The van der Waals surface area contributed by atoms with Gasteiger partial charge in [-0.2, -0.15) is 4.98 Å². The minimum atomic E-state index is -2.63. The summed E-state index contributed by atoms with van der Waals surface area (Å²) in [5.74, 6) is 1.36. The van der Waals surface area contributed by atoms with Gasteiger partial charge in [0, 0.05) is 105 Å². The number of carbonyl (C=O) groups is 2. The van der Waals surface area contributed by atoms with E-state index in [1.165, 1.54) is 16.8 Å². The molecule has 0 saturated carbocycles. The summed E-state index contributed by atoms with van der Waals surface area (Å²) in [5, 5.41) is 11.4. The second-order valence-electron chi connectivity index (χ2n) is 18.7. The van der Waals surface area contributed by atoms with Gasteiger partial charge in [0.15, 0.2) is 0 Å². The van der Waals surface area contributed by atoms with E-state index >= 15 is 0 Å². The maximum Gasteiger partial charge on any atom is 0.236 e. The van der Waals surface area contributed by atoms with Crippen LogP contribution in [-0.4, -0.2) is 108 Å². The standard InChI is InChI=1S/C51H63BrN9O4P/c1-5-35-31-43(56-50-53-33-40(52)48(58-50)55-42-16-15-41-39(14-13-37(6-2)54-41)47(42)66(64)29-7-8-30-66)45(65-4)32-44(35)61-23-19-38(20-24-61)60-27-25-59(26-28-60)22-18-34-9-11-36(12-10-34)51(3)21-17-46(62)57-49(51)63/h9-16,31-33,38H,5-8,17-30H2,1-4H3,(H,57,62,63)(H2,53,55,56,58). The van der Waals surface area contributed by atoms with Gasteiger partial charge < -0.3 is 29.7 Å². The average molecular weight is 977 g/mol. The molecule has 2 amide bonds. The number of hydrogen-bond donors (Lipinski definition) is 3. The van der Waals surface area contributed by atoms with Crippen LogP contribution in [0.2, 0.25) is 0 Å². The van der Waals surface area contributed by atoms with E-state index in [0.717, 1.165) is 135 Å². The molecule has 0 aliphatic carbocycles. The van der Waals surface area contributed by atoms with Crippen molar-refractivity contribution in [2.24, 2.45) is 0 Å². The number of aryl methyl sites for hydroxylation is 2. The van der Waals surface area contributed by atoms with Crippen molar-refractivity contribution in [3.05, 3.63) is 93.7 Å². The number of nitrogens with zero attached hydrogens (tertiary/aromatic N) is 6. The molecule has 1 atom stereocenters. The normalized spacial score (nSPS) is 20.7. The first-order chi connectivity index (χ1) is 32.0. The molecule has 5 aromatic rings.